The zero-order valence-electron chi connectivity index (χ0n) is 18.6. The fourth-order valence-electron chi connectivity index (χ4n) is 3.72. The van der Waals surface area contributed by atoms with E-state index in [1.807, 2.05) is 80.6 Å². The highest BCUT2D eigenvalue weighted by atomic mass is 35.5. The van der Waals surface area contributed by atoms with Gasteiger partial charge in [0.1, 0.15) is 12.4 Å². The van der Waals surface area contributed by atoms with Crippen LogP contribution in [0.1, 0.15) is 23.1 Å². The zero-order valence-corrected chi connectivity index (χ0v) is 19.4. The lowest BCUT2D eigenvalue weighted by Crippen LogP contribution is -2.36. The summed E-state index contributed by atoms with van der Waals surface area (Å²) in [5.41, 5.74) is 10.3. The van der Waals surface area contributed by atoms with Gasteiger partial charge in [0, 0.05) is 29.2 Å². The summed E-state index contributed by atoms with van der Waals surface area (Å²) < 4.78 is 5.91. The Morgan fingerprint density at radius 3 is 2.61 bits per heavy atom. The van der Waals surface area contributed by atoms with Crippen molar-refractivity contribution in [3.8, 4) is 5.75 Å². The molecule has 4 rings (SSSR count). The Kier molecular flexibility index (Phi) is 6.84. The maximum Gasteiger partial charge on any atom is 0.243 e. The van der Waals surface area contributed by atoms with Crippen LogP contribution in [0.5, 0.6) is 5.75 Å². The van der Waals surface area contributed by atoms with E-state index in [0.717, 1.165) is 16.8 Å². The van der Waals surface area contributed by atoms with Gasteiger partial charge in [-0.3, -0.25) is 20.4 Å². The van der Waals surface area contributed by atoms with E-state index in [1.165, 1.54) is 5.56 Å². The van der Waals surface area contributed by atoms with Crippen LogP contribution < -0.4 is 20.5 Å². The quantitative estimate of drug-likeness (QED) is 0.482. The summed E-state index contributed by atoms with van der Waals surface area (Å²) in [5.74, 6) is -0.155. The van der Waals surface area contributed by atoms with Gasteiger partial charge in [0.25, 0.3) is 0 Å². The van der Waals surface area contributed by atoms with E-state index in [1.54, 1.807) is 4.90 Å². The largest absolute Gasteiger partial charge is 0.487 e. The van der Waals surface area contributed by atoms with Crippen LogP contribution in [0.25, 0.3) is 0 Å². The summed E-state index contributed by atoms with van der Waals surface area (Å²) in [6.45, 7) is 4.69. The summed E-state index contributed by atoms with van der Waals surface area (Å²) in [4.78, 5) is 27.0. The fourth-order valence-corrected chi connectivity index (χ4v) is 3.91. The van der Waals surface area contributed by atoms with Gasteiger partial charge in [0.05, 0.1) is 11.6 Å². The lowest BCUT2D eigenvalue weighted by molar-refractivity contribution is -0.125. The first-order valence-corrected chi connectivity index (χ1v) is 11.2. The van der Waals surface area contributed by atoms with E-state index in [0.29, 0.717) is 29.6 Å². The minimum absolute atomic E-state index is 0.0538. The number of amides is 2. The number of hydrazine groups is 1. The molecule has 0 aliphatic carbocycles. The number of carbonyl (C=O) groups is 2. The predicted octanol–water partition coefficient (Wildman–Crippen LogP) is 5.03. The van der Waals surface area contributed by atoms with Crippen LogP contribution >= 0.6 is 11.6 Å². The van der Waals surface area contributed by atoms with E-state index < -0.39 is 5.92 Å². The molecule has 0 aromatic heterocycles. The Bertz CT molecular complexity index is 1180. The first-order valence-electron chi connectivity index (χ1n) is 10.8. The van der Waals surface area contributed by atoms with Crippen molar-refractivity contribution in [2.75, 3.05) is 16.9 Å². The molecule has 0 saturated carbocycles. The average molecular weight is 464 g/mol. The molecule has 1 heterocycles. The molecule has 0 unspecified atom stereocenters. The molecular formula is C26H26ClN3O3. The first kappa shape index (κ1) is 22.7. The second kappa shape index (κ2) is 9.96. The van der Waals surface area contributed by atoms with Crippen molar-refractivity contribution in [2.45, 2.75) is 26.9 Å². The number of rotatable bonds is 7. The van der Waals surface area contributed by atoms with Crippen LogP contribution in [-0.4, -0.2) is 18.4 Å². The second-order valence-electron chi connectivity index (χ2n) is 8.16. The van der Waals surface area contributed by atoms with Gasteiger partial charge in [-0.05, 0) is 55.3 Å². The van der Waals surface area contributed by atoms with Crippen molar-refractivity contribution in [3.05, 3.63) is 88.4 Å². The average Bonchev–Trinajstić information content (AvgIpc) is 3.21. The highest BCUT2D eigenvalue weighted by Gasteiger charge is 2.35. The van der Waals surface area contributed by atoms with Gasteiger partial charge in [0.2, 0.25) is 11.8 Å². The van der Waals surface area contributed by atoms with Crippen LogP contribution in [0.3, 0.4) is 0 Å². The SMILES string of the molecule is Cc1ccc(N2C[C@@H](C(=O)NNc3ccccc3OCc3ccccc3Cl)CC2=O)cc1C. The number of ether oxygens (including phenoxy) is 1. The predicted molar refractivity (Wildman–Crippen MR) is 130 cm³/mol. The molecular weight excluding hydrogens is 438 g/mol. The van der Waals surface area contributed by atoms with Crippen LogP contribution in [0, 0.1) is 19.8 Å². The van der Waals surface area contributed by atoms with Gasteiger partial charge in [-0.2, -0.15) is 0 Å². The van der Waals surface area contributed by atoms with E-state index in [2.05, 4.69) is 10.9 Å². The van der Waals surface area contributed by atoms with Crippen molar-refractivity contribution >= 4 is 34.8 Å². The number of benzene rings is 3. The Balaban J connectivity index is 1.37. The molecule has 1 atom stereocenters. The Labute approximate surface area is 198 Å². The molecule has 3 aromatic rings. The van der Waals surface area contributed by atoms with Gasteiger partial charge >= 0.3 is 0 Å². The van der Waals surface area contributed by atoms with E-state index in [4.69, 9.17) is 16.3 Å². The molecule has 1 aliphatic heterocycles. The van der Waals surface area contributed by atoms with Crippen LogP contribution in [0.15, 0.2) is 66.7 Å². The van der Waals surface area contributed by atoms with Crippen LogP contribution in [0.2, 0.25) is 5.02 Å². The number of para-hydroxylation sites is 2. The fraction of sp³-hybridized carbons (Fsp3) is 0.231. The van der Waals surface area contributed by atoms with Gasteiger partial charge in [-0.15, -0.1) is 0 Å². The van der Waals surface area contributed by atoms with Crippen molar-refractivity contribution in [1.29, 1.82) is 0 Å². The monoisotopic (exact) mass is 463 g/mol. The highest BCUT2D eigenvalue weighted by molar-refractivity contribution is 6.31. The van der Waals surface area contributed by atoms with E-state index >= 15 is 0 Å². The summed E-state index contributed by atoms with van der Waals surface area (Å²) in [5, 5.41) is 0.635. The van der Waals surface area contributed by atoms with E-state index in [9.17, 15) is 9.59 Å². The third kappa shape index (κ3) is 5.29. The Hall–Kier alpha value is -3.51. The van der Waals surface area contributed by atoms with Gasteiger partial charge in [0.15, 0.2) is 0 Å². The molecule has 0 radical (unpaired) electrons. The Morgan fingerprint density at radius 2 is 1.82 bits per heavy atom. The molecule has 7 heteroatoms. The normalized spacial score (nSPS) is 15.4. The molecule has 3 aromatic carbocycles. The number of carbonyl (C=O) groups excluding carboxylic acids is 2. The smallest absolute Gasteiger partial charge is 0.243 e. The second-order valence-corrected chi connectivity index (χ2v) is 8.57. The number of aryl methyl sites for hydroxylation is 2. The minimum Gasteiger partial charge on any atom is -0.487 e. The summed E-state index contributed by atoms with van der Waals surface area (Å²) in [6.07, 6.45) is 0.172. The lowest BCUT2D eigenvalue weighted by Gasteiger charge is -2.18. The minimum atomic E-state index is -0.442. The molecule has 0 bridgehead atoms. The van der Waals surface area contributed by atoms with Crippen molar-refractivity contribution in [3.63, 3.8) is 0 Å². The summed E-state index contributed by atoms with van der Waals surface area (Å²) >= 11 is 6.21. The molecule has 2 amide bonds. The maximum absolute atomic E-state index is 12.8. The number of hydrogen-bond donors (Lipinski definition) is 2. The Morgan fingerprint density at radius 1 is 1.06 bits per heavy atom. The van der Waals surface area contributed by atoms with Crippen LogP contribution in [0.4, 0.5) is 11.4 Å². The molecule has 1 fully saturated rings. The number of anilines is 2. The van der Waals surface area contributed by atoms with Gasteiger partial charge in [-0.1, -0.05) is 48.0 Å². The van der Waals surface area contributed by atoms with Crippen molar-refractivity contribution in [1.82, 2.24) is 5.43 Å². The number of nitrogens with zero attached hydrogens (tertiary/aromatic N) is 1. The van der Waals surface area contributed by atoms with Gasteiger partial charge < -0.3 is 9.64 Å². The van der Waals surface area contributed by atoms with Crippen LogP contribution in [-0.2, 0) is 16.2 Å². The molecule has 0 spiro atoms. The molecule has 1 aliphatic rings. The topological polar surface area (TPSA) is 70.7 Å². The number of hydrogen-bond acceptors (Lipinski definition) is 4. The van der Waals surface area contributed by atoms with Crippen molar-refractivity contribution in [2.24, 2.45) is 5.92 Å². The maximum atomic E-state index is 12.8. The summed E-state index contributed by atoms with van der Waals surface area (Å²) in [6, 6.07) is 20.7. The molecule has 33 heavy (non-hydrogen) atoms. The zero-order chi connectivity index (χ0) is 23.4. The molecule has 1 saturated heterocycles. The third-order valence-electron chi connectivity index (χ3n) is 5.85. The van der Waals surface area contributed by atoms with E-state index in [-0.39, 0.29) is 18.2 Å². The first-order chi connectivity index (χ1) is 15.9. The van der Waals surface area contributed by atoms with Crippen molar-refractivity contribution < 1.29 is 14.3 Å². The standard InChI is InChI=1S/C26H26ClN3O3/c1-17-11-12-21(13-18(17)2)30-15-20(14-25(30)31)26(32)29-28-23-9-5-6-10-24(23)33-16-19-7-3-4-8-22(19)27/h3-13,20,28H,14-16H2,1-2H3,(H,29,32)/t20-/m0/s1. The highest BCUT2D eigenvalue weighted by Crippen LogP contribution is 2.28. The summed E-state index contributed by atoms with van der Waals surface area (Å²) in [7, 11) is 0. The molecule has 2 N–H and O–H groups in total. The molecule has 170 valence electrons. The number of nitrogens with one attached hydrogen (secondary N) is 2. The number of halogens is 1. The van der Waals surface area contributed by atoms with Gasteiger partial charge in [-0.25, -0.2) is 0 Å². The third-order valence-corrected chi connectivity index (χ3v) is 6.22. The lowest BCUT2D eigenvalue weighted by atomic mass is 10.1. The molecule has 6 nitrogen and oxygen atoms in total.